The molecule has 3 aromatic rings. The van der Waals surface area contributed by atoms with Crippen LogP contribution in [0.15, 0.2) is 36.4 Å². The molecular weight excluding hydrogens is 422 g/mol. The van der Waals surface area contributed by atoms with Crippen molar-refractivity contribution in [2.45, 2.75) is 32.8 Å². The smallest absolute Gasteiger partial charge is 0.246 e. The van der Waals surface area contributed by atoms with Crippen molar-refractivity contribution in [2.75, 3.05) is 41.3 Å². The molecule has 1 amide bonds. The summed E-state index contributed by atoms with van der Waals surface area (Å²) in [4.78, 5) is 21.7. The van der Waals surface area contributed by atoms with Crippen LogP contribution in [0.25, 0.3) is 10.6 Å². The van der Waals surface area contributed by atoms with E-state index in [1.807, 2.05) is 49.1 Å². The van der Waals surface area contributed by atoms with Crippen molar-refractivity contribution in [3.63, 3.8) is 0 Å². The number of nitrogens with zero attached hydrogens (tertiary/aromatic N) is 4. The molecule has 1 fully saturated rings. The van der Waals surface area contributed by atoms with Gasteiger partial charge in [0, 0.05) is 54.2 Å². The van der Waals surface area contributed by atoms with E-state index in [0.29, 0.717) is 19.6 Å². The van der Waals surface area contributed by atoms with Crippen molar-refractivity contribution < 1.29 is 9.90 Å². The molecule has 0 saturated carbocycles. The number of β-amino-alcohol motifs (C(OH)–C–C–N with tert-alkyl or cyclic N) is 1. The third kappa shape index (κ3) is 3.84. The number of amides is 1. The largest absolute Gasteiger partial charge is 0.389 e. The Hall–Kier alpha value is -2.97. The Morgan fingerprint density at radius 1 is 1.25 bits per heavy atom. The van der Waals surface area contributed by atoms with E-state index in [4.69, 9.17) is 0 Å². The predicted molar refractivity (Wildman–Crippen MR) is 129 cm³/mol. The number of carbonyl (C=O) groups excluding carboxylic acids is 1. The van der Waals surface area contributed by atoms with E-state index in [1.54, 1.807) is 0 Å². The first-order valence-electron chi connectivity index (χ1n) is 11.1. The molecule has 0 radical (unpaired) electrons. The molecule has 0 spiro atoms. The lowest BCUT2D eigenvalue weighted by Gasteiger charge is -2.39. The number of anilines is 3. The van der Waals surface area contributed by atoms with E-state index in [9.17, 15) is 9.90 Å². The maximum absolute atomic E-state index is 13.1. The molecule has 1 aromatic heterocycles. The summed E-state index contributed by atoms with van der Waals surface area (Å²) in [5, 5.41) is 13.9. The van der Waals surface area contributed by atoms with Crippen LogP contribution in [-0.4, -0.2) is 52.7 Å². The number of hydrogen-bond donors (Lipinski definition) is 2. The van der Waals surface area contributed by atoms with Crippen LogP contribution in [0.3, 0.4) is 0 Å². The van der Waals surface area contributed by atoms with Gasteiger partial charge in [-0.2, -0.15) is 4.37 Å². The minimum atomic E-state index is -0.248. The van der Waals surface area contributed by atoms with Gasteiger partial charge in [-0.15, -0.1) is 0 Å². The van der Waals surface area contributed by atoms with Crippen LogP contribution < -0.4 is 15.1 Å². The standard InChI is InChI=1S/C24H27N5O2S/c1-3-22-26-24(32-27-22)16-8-7-15(2)19(11-16)25-12-23(31)29-10-9-18-20(5-4-6-21(18)29)28-13-17(30)14-28/h4-8,11,17,25,30H,3,9-10,12-14H2,1-2H3. The fraction of sp³-hybridized carbons (Fsp3) is 0.375. The van der Waals surface area contributed by atoms with Gasteiger partial charge >= 0.3 is 0 Å². The van der Waals surface area contributed by atoms with Crippen molar-refractivity contribution in [1.29, 1.82) is 0 Å². The maximum Gasteiger partial charge on any atom is 0.246 e. The molecule has 2 aromatic carbocycles. The lowest BCUT2D eigenvalue weighted by Crippen LogP contribution is -2.51. The van der Waals surface area contributed by atoms with Crippen LogP contribution in [0, 0.1) is 6.92 Å². The van der Waals surface area contributed by atoms with Gasteiger partial charge in [-0.1, -0.05) is 25.1 Å². The molecule has 166 valence electrons. The van der Waals surface area contributed by atoms with Crippen molar-refractivity contribution in [3.8, 4) is 10.6 Å². The number of hydrogen-bond acceptors (Lipinski definition) is 7. The van der Waals surface area contributed by atoms with Crippen molar-refractivity contribution >= 4 is 34.5 Å². The molecule has 0 aliphatic carbocycles. The van der Waals surface area contributed by atoms with E-state index in [0.717, 1.165) is 51.9 Å². The highest BCUT2D eigenvalue weighted by Crippen LogP contribution is 2.37. The third-order valence-corrected chi connectivity index (χ3v) is 7.01. The van der Waals surface area contributed by atoms with Crippen molar-refractivity contribution in [2.24, 2.45) is 0 Å². The first-order chi connectivity index (χ1) is 15.5. The monoisotopic (exact) mass is 449 g/mol. The average molecular weight is 450 g/mol. The van der Waals surface area contributed by atoms with Gasteiger partial charge in [0.25, 0.3) is 0 Å². The topological polar surface area (TPSA) is 81.6 Å². The average Bonchev–Trinajstić information content (AvgIpc) is 3.43. The van der Waals surface area contributed by atoms with Gasteiger partial charge in [-0.05, 0) is 48.6 Å². The molecule has 2 aliphatic heterocycles. The number of nitrogens with one attached hydrogen (secondary N) is 1. The minimum absolute atomic E-state index is 0.0542. The van der Waals surface area contributed by atoms with Crippen LogP contribution in [0.4, 0.5) is 17.1 Å². The molecule has 5 rings (SSSR count). The molecule has 1 saturated heterocycles. The first-order valence-corrected chi connectivity index (χ1v) is 11.8. The Balaban J connectivity index is 1.29. The molecule has 3 heterocycles. The summed E-state index contributed by atoms with van der Waals surface area (Å²) in [6, 6.07) is 12.3. The molecule has 7 nitrogen and oxygen atoms in total. The van der Waals surface area contributed by atoms with Crippen LogP contribution in [0.2, 0.25) is 0 Å². The number of benzene rings is 2. The van der Waals surface area contributed by atoms with E-state index in [2.05, 4.69) is 25.6 Å². The zero-order valence-electron chi connectivity index (χ0n) is 18.3. The van der Waals surface area contributed by atoms with Crippen LogP contribution >= 0.6 is 11.5 Å². The predicted octanol–water partition coefficient (Wildman–Crippen LogP) is 3.26. The first kappa shape index (κ1) is 20.9. The zero-order chi connectivity index (χ0) is 22.2. The van der Waals surface area contributed by atoms with E-state index in [-0.39, 0.29) is 18.6 Å². The number of aliphatic hydroxyl groups is 1. The quantitative estimate of drug-likeness (QED) is 0.601. The summed E-state index contributed by atoms with van der Waals surface area (Å²) in [5.74, 6) is 0.911. The van der Waals surface area contributed by atoms with Crippen molar-refractivity contribution in [1.82, 2.24) is 9.36 Å². The van der Waals surface area contributed by atoms with Gasteiger partial charge in [0.15, 0.2) is 0 Å². The normalized spacial score (nSPS) is 15.6. The number of fused-ring (bicyclic) bond motifs is 1. The lowest BCUT2D eigenvalue weighted by molar-refractivity contribution is -0.116. The zero-order valence-corrected chi connectivity index (χ0v) is 19.2. The highest BCUT2D eigenvalue weighted by Gasteiger charge is 2.31. The van der Waals surface area contributed by atoms with E-state index in [1.165, 1.54) is 17.1 Å². The number of aliphatic hydroxyl groups excluding tert-OH is 1. The minimum Gasteiger partial charge on any atom is -0.389 e. The Morgan fingerprint density at radius 3 is 2.81 bits per heavy atom. The summed E-state index contributed by atoms with van der Waals surface area (Å²) in [7, 11) is 0. The van der Waals surface area contributed by atoms with Crippen LogP contribution in [0.5, 0.6) is 0 Å². The number of aryl methyl sites for hydroxylation is 2. The van der Waals surface area contributed by atoms with Gasteiger partial charge in [-0.3, -0.25) is 4.79 Å². The summed E-state index contributed by atoms with van der Waals surface area (Å²) in [6.07, 6.45) is 1.41. The maximum atomic E-state index is 13.1. The SMILES string of the molecule is CCc1nsc(-c2ccc(C)c(NCC(=O)N3CCc4c(N5CC(O)C5)cccc43)c2)n1. The van der Waals surface area contributed by atoms with Gasteiger partial charge in [0.1, 0.15) is 10.8 Å². The Morgan fingerprint density at radius 2 is 2.06 bits per heavy atom. The van der Waals surface area contributed by atoms with E-state index < -0.39 is 0 Å². The molecule has 0 unspecified atom stereocenters. The van der Waals surface area contributed by atoms with Crippen LogP contribution in [0.1, 0.15) is 23.9 Å². The fourth-order valence-electron chi connectivity index (χ4n) is 4.35. The summed E-state index contributed by atoms with van der Waals surface area (Å²) < 4.78 is 4.38. The van der Waals surface area contributed by atoms with Gasteiger partial charge in [-0.25, -0.2) is 4.98 Å². The number of carbonyl (C=O) groups is 1. The molecule has 8 heteroatoms. The summed E-state index contributed by atoms with van der Waals surface area (Å²) in [5.41, 5.74) is 6.36. The van der Waals surface area contributed by atoms with Crippen LogP contribution in [-0.2, 0) is 17.6 Å². The summed E-state index contributed by atoms with van der Waals surface area (Å²) >= 11 is 1.41. The van der Waals surface area contributed by atoms with E-state index >= 15 is 0 Å². The highest BCUT2D eigenvalue weighted by molar-refractivity contribution is 7.09. The highest BCUT2D eigenvalue weighted by atomic mass is 32.1. The Bertz CT molecular complexity index is 1160. The fourth-order valence-corrected chi connectivity index (χ4v) is 5.09. The third-order valence-electron chi connectivity index (χ3n) is 6.21. The number of aromatic nitrogens is 2. The molecular formula is C24H27N5O2S. The molecule has 0 bridgehead atoms. The van der Waals surface area contributed by atoms with Crippen molar-refractivity contribution in [3.05, 3.63) is 53.3 Å². The Labute approximate surface area is 191 Å². The second kappa shape index (κ2) is 8.52. The second-order valence-corrected chi connectivity index (χ2v) is 9.13. The Kier molecular flexibility index (Phi) is 5.57. The van der Waals surface area contributed by atoms with Gasteiger partial charge < -0.3 is 20.2 Å². The summed E-state index contributed by atoms with van der Waals surface area (Å²) in [6.45, 7) is 6.32. The molecule has 0 atom stereocenters. The molecule has 32 heavy (non-hydrogen) atoms. The molecule has 2 N–H and O–H groups in total. The lowest BCUT2D eigenvalue weighted by atomic mass is 10.0. The molecule has 2 aliphatic rings. The second-order valence-electron chi connectivity index (χ2n) is 8.38. The van der Waals surface area contributed by atoms with Gasteiger partial charge in [0.05, 0.1) is 12.6 Å². The number of rotatable bonds is 6. The van der Waals surface area contributed by atoms with Gasteiger partial charge in [0.2, 0.25) is 5.91 Å².